The Morgan fingerprint density at radius 3 is 2.00 bits per heavy atom. The van der Waals surface area contributed by atoms with Crippen LogP contribution in [0.3, 0.4) is 0 Å². The van der Waals surface area contributed by atoms with Gasteiger partial charge in [-0.15, -0.1) is 0 Å². The first-order valence-electron chi connectivity index (χ1n) is 7.35. The summed E-state index contributed by atoms with van der Waals surface area (Å²) in [5, 5.41) is 0. The van der Waals surface area contributed by atoms with E-state index in [-0.39, 0.29) is 0 Å². The third-order valence-corrected chi connectivity index (χ3v) is 3.41. The summed E-state index contributed by atoms with van der Waals surface area (Å²) >= 11 is 0. The minimum absolute atomic E-state index is 0.716. The maximum absolute atomic E-state index is 2.62. The summed E-state index contributed by atoms with van der Waals surface area (Å²) in [7, 11) is 0. The van der Waals surface area contributed by atoms with Crippen LogP contribution < -0.4 is 0 Å². The average Bonchev–Trinajstić information content (AvgIpc) is 2.22. The zero-order valence-electron chi connectivity index (χ0n) is 12.3. The second-order valence-electron chi connectivity index (χ2n) is 5.52. The van der Waals surface area contributed by atoms with Crippen LogP contribution in [0.4, 0.5) is 0 Å². The van der Waals surface area contributed by atoms with E-state index in [4.69, 9.17) is 0 Å². The van der Waals surface area contributed by atoms with Crippen LogP contribution >= 0.6 is 0 Å². The molecule has 0 saturated heterocycles. The molecular weight excluding hydrogens is 194 g/mol. The van der Waals surface area contributed by atoms with Crippen molar-refractivity contribution in [3.8, 4) is 0 Å². The molecule has 0 N–H and O–H groups in total. The monoisotopic (exact) mass is 227 g/mol. The molecule has 0 spiro atoms. The normalized spacial score (nSPS) is 13.7. The summed E-state index contributed by atoms with van der Waals surface area (Å²) in [4.78, 5) is 2.62. The molecule has 0 radical (unpaired) electrons. The van der Waals surface area contributed by atoms with Gasteiger partial charge in [0.1, 0.15) is 0 Å². The third-order valence-electron chi connectivity index (χ3n) is 3.41. The van der Waals surface area contributed by atoms with Gasteiger partial charge in [0.25, 0.3) is 0 Å². The predicted molar refractivity (Wildman–Crippen MR) is 74.9 cm³/mol. The lowest BCUT2D eigenvalue weighted by Gasteiger charge is -2.26. The van der Waals surface area contributed by atoms with Crippen molar-refractivity contribution in [2.45, 2.75) is 79.2 Å². The number of rotatable bonds is 10. The molecule has 0 aliphatic heterocycles. The van der Waals surface area contributed by atoms with Crippen LogP contribution in [0.25, 0.3) is 0 Å². The van der Waals surface area contributed by atoms with Crippen LogP contribution in [0.15, 0.2) is 0 Å². The van der Waals surface area contributed by atoms with Crippen molar-refractivity contribution in [2.24, 2.45) is 5.92 Å². The van der Waals surface area contributed by atoms with Crippen molar-refractivity contribution in [3.63, 3.8) is 0 Å². The summed E-state index contributed by atoms with van der Waals surface area (Å²) in [6.07, 6.45) is 8.24. The fraction of sp³-hybridized carbons (Fsp3) is 1.00. The maximum Gasteiger partial charge on any atom is 0.00385 e. The highest BCUT2D eigenvalue weighted by atomic mass is 15.1. The van der Waals surface area contributed by atoms with Crippen molar-refractivity contribution in [1.82, 2.24) is 4.90 Å². The molecule has 0 aliphatic rings. The van der Waals surface area contributed by atoms with Crippen LogP contribution in [0, 0.1) is 5.92 Å². The van der Waals surface area contributed by atoms with Gasteiger partial charge < -0.3 is 4.90 Å². The lowest BCUT2D eigenvalue weighted by molar-refractivity contribution is 0.215. The second kappa shape index (κ2) is 10.1. The minimum atomic E-state index is 0.716. The largest absolute Gasteiger partial charge is 0.301 e. The predicted octanol–water partition coefficient (Wildman–Crippen LogP) is 4.71. The van der Waals surface area contributed by atoms with Gasteiger partial charge in [-0.1, -0.05) is 46.5 Å². The van der Waals surface area contributed by atoms with Crippen LogP contribution in [-0.4, -0.2) is 24.0 Å². The number of unbranched alkanes of at least 4 members (excludes halogenated alkanes) is 1. The Bertz CT molecular complexity index is 142. The highest BCUT2D eigenvalue weighted by Crippen LogP contribution is 2.14. The van der Waals surface area contributed by atoms with E-state index in [9.17, 15) is 0 Å². The number of hydrogen-bond donors (Lipinski definition) is 0. The summed E-state index contributed by atoms with van der Waals surface area (Å²) in [5.74, 6) is 0.934. The lowest BCUT2D eigenvalue weighted by Crippen LogP contribution is -2.32. The van der Waals surface area contributed by atoms with Crippen LogP contribution in [0.1, 0.15) is 73.1 Å². The maximum atomic E-state index is 2.62. The Kier molecular flexibility index (Phi) is 10.1. The Morgan fingerprint density at radius 1 is 0.812 bits per heavy atom. The van der Waals surface area contributed by atoms with Gasteiger partial charge in [0.05, 0.1) is 0 Å². The molecule has 98 valence electrons. The second-order valence-corrected chi connectivity index (χ2v) is 5.52. The molecule has 1 nitrogen and oxygen atoms in total. The molecule has 0 aromatic rings. The highest BCUT2D eigenvalue weighted by Gasteiger charge is 2.07. The zero-order valence-corrected chi connectivity index (χ0v) is 12.3. The van der Waals surface area contributed by atoms with E-state index in [1.165, 1.54) is 51.6 Å². The van der Waals surface area contributed by atoms with Gasteiger partial charge in [0, 0.05) is 6.04 Å². The Hall–Kier alpha value is -0.0400. The van der Waals surface area contributed by atoms with Gasteiger partial charge in [-0.2, -0.15) is 0 Å². The fourth-order valence-electron chi connectivity index (χ4n) is 2.36. The van der Waals surface area contributed by atoms with E-state index in [0.29, 0.717) is 6.04 Å². The first kappa shape index (κ1) is 16.0. The van der Waals surface area contributed by atoms with Crippen molar-refractivity contribution in [3.05, 3.63) is 0 Å². The molecule has 0 aromatic carbocycles. The van der Waals surface area contributed by atoms with Crippen LogP contribution in [0.2, 0.25) is 0 Å². The number of hydrogen-bond acceptors (Lipinski definition) is 1. The molecule has 1 atom stereocenters. The van der Waals surface area contributed by atoms with Crippen molar-refractivity contribution in [2.75, 3.05) is 13.1 Å². The topological polar surface area (TPSA) is 3.24 Å². The molecular formula is C15H33N. The third kappa shape index (κ3) is 8.15. The molecule has 0 heterocycles. The zero-order chi connectivity index (χ0) is 12.4. The van der Waals surface area contributed by atoms with Gasteiger partial charge in [-0.3, -0.25) is 0 Å². The van der Waals surface area contributed by atoms with Crippen molar-refractivity contribution < 1.29 is 0 Å². The van der Waals surface area contributed by atoms with Crippen LogP contribution in [-0.2, 0) is 0 Å². The van der Waals surface area contributed by atoms with E-state index in [1.54, 1.807) is 0 Å². The smallest absolute Gasteiger partial charge is 0.00385 e. The molecule has 1 heteroatoms. The fourth-order valence-corrected chi connectivity index (χ4v) is 2.36. The van der Waals surface area contributed by atoms with Gasteiger partial charge >= 0.3 is 0 Å². The van der Waals surface area contributed by atoms with E-state index < -0.39 is 0 Å². The van der Waals surface area contributed by atoms with E-state index >= 15 is 0 Å². The molecule has 0 aliphatic carbocycles. The molecule has 16 heavy (non-hydrogen) atoms. The van der Waals surface area contributed by atoms with Gasteiger partial charge in [0.15, 0.2) is 0 Å². The molecule has 1 unspecified atom stereocenters. The SMILES string of the molecule is CCCC(C)CCCCN(CCC)C(C)C. The quantitative estimate of drug-likeness (QED) is 0.488. The summed E-state index contributed by atoms with van der Waals surface area (Å²) in [6, 6.07) is 0.716. The van der Waals surface area contributed by atoms with E-state index in [1.807, 2.05) is 0 Å². The number of nitrogens with zero attached hydrogens (tertiary/aromatic N) is 1. The molecule has 0 saturated carbocycles. The van der Waals surface area contributed by atoms with E-state index in [0.717, 1.165) is 5.92 Å². The standard InChI is InChI=1S/C15H33N/c1-6-10-15(5)11-8-9-13-16(12-7-2)14(3)4/h14-15H,6-13H2,1-5H3. The Balaban J connectivity index is 3.54. The van der Waals surface area contributed by atoms with Crippen molar-refractivity contribution >= 4 is 0 Å². The molecule has 0 rings (SSSR count). The molecule has 0 aromatic heterocycles. The van der Waals surface area contributed by atoms with Gasteiger partial charge in [0.2, 0.25) is 0 Å². The summed E-state index contributed by atoms with van der Waals surface area (Å²) < 4.78 is 0. The highest BCUT2D eigenvalue weighted by molar-refractivity contribution is 4.62. The molecule has 0 fully saturated rings. The summed E-state index contributed by atoms with van der Waals surface area (Å²) in [5.41, 5.74) is 0. The van der Waals surface area contributed by atoms with Crippen LogP contribution in [0.5, 0.6) is 0 Å². The van der Waals surface area contributed by atoms with Gasteiger partial charge in [-0.05, 0) is 45.7 Å². The van der Waals surface area contributed by atoms with Crippen molar-refractivity contribution in [1.29, 1.82) is 0 Å². The Morgan fingerprint density at radius 2 is 1.50 bits per heavy atom. The first-order chi connectivity index (χ1) is 7.61. The minimum Gasteiger partial charge on any atom is -0.301 e. The van der Waals surface area contributed by atoms with E-state index in [2.05, 4.69) is 39.5 Å². The van der Waals surface area contributed by atoms with Gasteiger partial charge in [-0.25, -0.2) is 0 Å². The summed E-state index contributed by atoms with van der Waals surface area (Å²) in [6.45, 7) is 14.2. The Labute approximate surface area is 104 Å². The first-order valence-corrected chi connectivity index (χ1v) is 7.35. The lowest BCUT2D eigenvalue weighted by atomic mass is 9.99. The molecule has 0 bridgehead atoms. The average molecular weight is 227 g/mol. The molecule has 0 amide bonds.